The maximum atomic E-state index is 12.4. The van der Waals surface area contributed by atoms with Crippen LogP contribution in [0.3, 0.4) is 0 Å². The third-order valence-corrected chi connectivity index (χ3v) is 11.5. The molecule has 0 amide bonds. The van der Waals surface area contributed by atoms with Gasteiger partial charge in [-0.3, -0.25) is 0 Å². The number of hydrogen-bond donors (Lipinski definition) is 1. The van der Waals surface area contributed by atoms with Crippen molar-refractivity contribution < 1.29 is 7.84 Å². The van der Waals surface area contributed by atoms with Gasteiger partial charge in [-0.2, -0.15) is 0 Å². The Morgan fingerprint density at radius 1 is 0.364 bits per heavy atom. The number of rotatable bonds is 28. The zero-order valence-electron chi connectivity index (χ0n) is 23.1. The topological polar surface area (TPSA) is 37.3 Å². The first-order chi connectivity index (χ1) is 16.1. The second-order valence-electron chi connectivity index (χ2n) is 10.8. The molecule has 1 N–H and O–H groups in total. The molecule has 0 spiro atoms. The van der Waals surface area contributed by atoms with Gasteiger partial charge in [0.1, 0.15) is 0 Å². The van der Waals surface area contributed by atoms with Crippen LogP contribution < -0.4 is 0 Å². The van der Waals surface area contributed by atoms with Gasteiger partial charge >= 0.3 is 173 Å². The molecule has 33 heavy (non-hydrogen) atoms. The number of hydrogen-bond acceptors (Lipinski definition) is 1. The molecule has 0 atom stereocenters. The standard InChI is InChI=1S/C30H63AsO2/c1-3-5-7-9-11-13-15-17-19-21-23-25-27-29-31(32,33)30-28-26-24-22-20-18-16-14-12-10-8-6-4-2/h3-30H2,1-2H3,(H,32,33). The van der Waals surface area contributed by atoms with Gasteiger partial charge in [-0.15, -0.1) is 0 Å². The summed E-state index contributed by atoms with van der Waals surface area (Å²) < 4.78 is 22.7. The van der Waals surface area contributed by atoms with E-state index in [2.05, 4.69) is 13.8 Å². The Labute approximate surface area is 212 Å². The maximum absolute atomic E-state index is 12.4. The summed E-state index contributed by atoms with van der Waals surface area (Å²) >= 11 is -3.51. The average Bonchev–Trinajstić information content (AvgIpc) is 2.80. The molecule has 0 aliphatic heterocycles. The Hall–Kier alpha value is 0.318. The van der Waals surface area contributed by atoms with Crippen LogP contribution in [0.1, 0.15) is 181 Å². The molecule has 0 unspecified atom stereocenters. The normalized spacial score (nSPS) is 12.0. The van der Waals surface area contributed by atoms with Gasteiger partial charge < -0.3 is 0 Å². The van der Waals surface area contributed by atoms with E-state index >= 15 is 0 Å². The molecule has 0 aliphatic carbocycles. The SMILES string of the molecule is CCCCCCCCCCCCCCC[As](=O)(O)CCCCCCCCCCCCCCC. The van der Waals surface area contributed by atoms with E-state index in [1.165, 1.54) is 141 Å². The fourth-order valence-corrected chi connectivity index (χ4v) is 8.35. The second-order valence-corrected chi connectivity index (χ2v) is 16.2. The predicted octanol–water partition coefficient (Wildman–Crippen LogP) is 11.0. The van der Waals surface area contributed by atoms with E-state index in [1.807, 2.05) is 0 Å². The minimum atomic E-state index is -3.51. The molecule has 0 saturated carbocycles. The van der Waals surface area contributed by atoms with Crippen molar-refractivity contribution in [3.63, 3.8) is 0 Å². The zero-order chi connectivity index (χ0) is 24.3. The summed E-state index contributed by atoms with van der Waals surface area (Å²) in [6.07, 6.45) is 34.6. The van der Waals surface area contributed by atoms with E-state index in [0.717, 1.165) is 25.7 Å². The molecular weight excluding hydrogens is 467 g/mol. The van der Waals surface area contributed by atoms with E-state index in [1.54, 1.807) is 0 Å². The first-order valence-corrected chi connectivity index (χ1v) is 19.7. The summed E-state index contributed by atoms with van der Waals surface area (Å²) in [7, 11) is 0. The van der Waals surface area contributed by atoms with Crippen molar-refractivity contribution in [1.82, 2.24) is 0 Å². The van der Waals surface area contributed by atoms with Crippen molar-refractivity contribution in [3.8, 4) is 0 Å². The van der Waals surface area contributed by atoms with Crippen LogP contribution in [0.15, 0.2) is 0 Å². The summed E-state index contributed by atoms with van der Waals surface area (Å²) in [6, 6.07) is 0. The summed E-state index contributed by atoms with van der Waals surface area (Å²) in [6.45, 7) is 4.56. The fourth-order valence-electron chi connectivity index (χ4n) is 4.87. The van der Waals surface area contributed by atoms with Crippen molar-refractivity contribution in [2.75, 3.05) is 0 Å². The minimum Gasteiger partial charge on any atom is -0.0654 e. The van der Waals surface area contributed by atoms with Crippen molar-refractivity contribution >= 4 is 13.8 Å². The van der Waals surface area contributed by atoms with E-state index in [9.17, 15) is 7.84 Å². The molecule has 0 aromatic rings. The molecule has 0 heterocycles. The summed E-state index contributed by atoms with van der Waals surface area (Å²) in [4.78, 5) is 0. The van der Waals surface area contributed by atoms with E-state index in [-0.39, 0.29) is 0 Å². The van der Waals surface area contributed by atoms with Gasteiger partial charge in [0.2, 0.25) is 0 Å². The molecule has 0 saturated heterocycles. The first-order valence-electron chi connectivity index (χ1n) is 15.4. The van der Waals surface area contributed by atoms with E-state index in [4.69, 9.17) is 0 Å². The van der Waals surface area contributed by atoms with Crippen LogP contribution in [-0.2, 0) is 3.74 Å². The fraction of sp³-hybridized carbons (Fsp3) is 1.00. The molecule has 0 fully saturated rings. The Balaban J connectivity index is 3.29. The van der Waals surface area contributed by atoms with Gasteiger partial charge in [-0.05, 0) is 0 Å². The molecule has 2 nitrogen and oxygen atoms in total. The molecule has 200 valence electrons. The summed E-state index contributed by atoms with van der Waals surface area (Å²) in [5.41, 5.74) is 0. The van der Waals surface area contributed by atoms with Crippen molar-refractivity contribution in [3.05, 3.63) is 0 Å². The third-order valence-electron chi connectivity index (χ3n) is 7.22. The molecule has 3 heteroatoms. The molecular formula is C30H63AsO2. The van der Waals surface area contributed by atoms with Crippen LogP contribution in [-0.4, -0.2) is 17.9 Å². The number of unbranched alkanes of at least 4 members (excludes halogenated alkanes) is 24. The Kier molecular flexibility index (Phi) is 27.2. The summed E-state index contributed by atoms with van der Waals surface area (Å²) in [5, 5.41) is 1.24. The predicted molar refractivity (Wildman–Crippen MR) is 150 cm³/mol. The van der Waals surface area contributed by atoms with Crippen LogP contribution in [0.4, 0.5) is 0 Å². The molecule has 0 rings (SSSR count). The van der Waals surface area contributed by atoms with Crippen LogP contribution in [0.2, 0.25) is 10.4 Å². The summed E-state index contributed by atoms with van der Waals surface area (Å²) in [5.74, 6) is 0. The zero-order valence-corrected chi connectivity index (χ0v) is 25.0. The smallest absolute Gasteiger partial charge is 0.0654 e. The quantitative estimate of drug-likeness (QED) is 0.0807. The third kappa shape index (κ3) is 28.4. The van der Waals surface area contributed by atoms with Gasteiger partial charge in [0.25, 0.3) is 0 Å². The minimum absolute atomic E-state index is 0.619. The monoisotopic (exact) mass is 530 g/mol. The Bertz CT molecular complexity index is 376. The van der Waals surface area contributed by atoms with Gasteiger partial charge in [-0.1, -0.05) is 39.5 Å². The van der Waals surface area contributed by atoms with Crippen LogP contribution in [0, 0.1) is 0 Å². The van der Waals surface area contributed by atoms with Crippen molar-refractivity contribution in [2.45, 2.75) is 191 Å². The van der Waals surface area contributed by atoms with Crippen LogP contribution >= 0.6 is 0 Å². The van der Waals surface area contributed by atoms with Crippen molar-refractivity contribution in [1.29, 1.82) is 0 Å². The van der Waals surface area contributed by atoms with Crippen LogP contribution in [0.5, 0.6) is 0 Å². The van der Waals surface area contributed by atoms with Gasteiger partial charge in [0, 0.05) is 0 Å². The van der Waals surface area contributed by atoms with Gasteiger partial charge in [0.05, 0.1) is 0 Å². The Morgan fingerprint density at radius 3 is 0.758 bits per heavy atom. The molecule has 0 aromatic carbocycles. The van der Waals surface area contributed by atoms with E-state index < -0.39 is 13.8 Å². The molecule has 0 aliphatic rings. The molecule has 0 bridgehead atoms. The first kappa shape index (κ1) is 33.3. The second kappa shape index (κ2) is 26.9. The van der Waals surface area contributed by atoms with Gasteiger partial charge in [-0.25, -0.2) is 0 Å². The molecule has 0 radical (unpaired) electrons. The Morgan fingerprint density at radius 2 is 0.545 bits per heavy atom. The van der Waals surface area contributed by atoms with Crippen LogP contribution in [0.25, 0.3) is 0 Å². The van der Waals surface area contributed by atoms with Crippen molar-refractivity contribution in [2.24, 2.45) is 0 Å². The van der Waals surface area contributed by atoms with E-state index in [0.29, 0.717) is 10.4 Å². The average molecular weight is 531 g/mol. The molecule has 0 aromatic heterocycles. The van der Waals surface area contributed by atoms with Gasteiger partial charge in [0.15, 0.2) is 0 Å².